The van der Waals surface area contributed by atoms with Gasteiger partial charge >= 0.3 is 5.97 Å². The first-order chi connectivity index (χ1) is 8.22. The summed E-state index contributed by atoms with van der Waals surface area (Å²) in [6.07, 6.45) is 2.89. The van der Waals surface area contributed by atoms with E-state index >= 15 is 0 Å². The molecule has 4 rings (SSSR count). The molecular weight excluding hydrogens is 282 g/mol. The largest absolute Gasteiger partial charge is 0.461 e. The van der Waals surface area contributed by atoms with Gasteiger partial charge in [-0.25, -0.2) is 4.79 Å². The number of alkyl halides is 1. The fraction of sp³-hybridized carbons (Fsp3) is 0.308. The van der Waals surface area contributed by atoms with Crippen molar-refractivity contribution >= 4 is 32.7 Å². The molecule has 0 aliphatic heterocycles. The number of carbonyl (C=O) groups is 1. The molecule has 4 heteroatoms. The second kappa shape index (κ2) is 3.88. The second-order valence-electron chi connectivity index (χ2n) is 4.16. The van der Waals surface area contributed by atoms with Crippen LogP contribution >= 0.6 is 15.9 Å². The third-order valence-electron chi connectivity index (χ3n) is 3.20. The Bertz CT molecular complexity index is 603. The monoisotopic (exact) mass is 293 g/mol. The van der Waals surface area contributed by atoms with Crippen LogP contribution < -0.4 is 0 Å². The first-order valence-corrected chi connectivity index (χ1v) is 6.58. The normalized spacial score (nSPS) is 17.6. The first kappa shape index (κ1) is 10.8. The Morgan fingerprint density at radius 1 is 1.59 bits per heavy atom. The second-order valence-corrected chi connectivity index (χ2v) is 5.26. The molecule has 0 saturated heterocycles. The number of hydrogen-bond acceptors (Lipinski definition) is 2. The smallest absolute Gasteiger partial charge is 0.355 e. The molecule has 2 bridgehead atoms. The van der Waals surface area contributed by atoms with Gasteiger partial charge in [0, 0.05) is 21.8 Å². The van der Waals surface area contributed by atoms with Crippen LogP contribution in [-0.4, -0.2) is 17.6 Å². The minimum absolute atomic E-state index is 0.275. The number of benzene rings is 1. The van der Waals surface area contributed by atoms with Crippen LogP contribution in [0, 0.1) is 0 Å². The molecule has 1 aromatic carbocycles. The average Bonchev–Trinajstić information content (AvgIpc) is 2.76. The Kier molecular flexibility index (Phi) is 2.47. The van der Waals surface area contributed by atoms with E-state index in [1.54, 1.807) is 0 Å². The van der Waals surface area contributed by atoms with Gasteiger partial charge in [0.15, 0.2) is 0 Å². The van der Waals surface area contributed by atoms with E-state index in [2.05, 4.69) is 33.0 Å². The molecule has 3 nitrogen and oxygen atoms in total. The fourth-order valence-corrected chi connectivity index (χ4v) is 3.18. The summed E-state index contributed by atoms with van der Waals surface area (Å²) in [5.74, 6) is -0.275. The van der Waals surface area contributed by atoms with Gasteiger partial charge in [-0.05, 0) is 24.5 Å². The van der Waals surface area contributed by atoms with Crippen LogP contribution in [0.5, 0.6) is 0 Å². The molecule has 2 aliphatic carbocycles. The zero-order chi connectivity index (χ0) is 12.0. The van der Waals surface area contributed by atoms with Crippen LogP contribution in [0.3, 0.4) is 0 Å². The summed E-state index contributed by atoms with van der Waals surface area (Å²) >= 11 is 3.65. The summed E-state index contributed by atoms with van der Waals surface area (Å²) in [7, 11) is 0. The van der Waals surface area contributed by atoms with E-state index in [-0.39, 0.29) is 5.97 Å². The van der Waals surface area contributed by atoms with Gasteiger partial charge in [-0.1, -0.05) is 28.1 Å². The van der Waals surface area contributed by atoms with E-state index in [9.17, 15) is 4.79 Å². The minimum atomic E-state index is -0.275. The highest BCUT2D eigenvalue weighted by Gasteiger charge is 2.26. The molecule has 0 spiro atoms. The highest BCUT2D eigenvalue weighted by atomic mass is 79.9. The molecule has 0 amide bonds. The molecule has 88 valence electrons. The van der Waals surface area contributed by atoms with Crippen molar-refractivity contribution in [1.82, 2.24) is 4.98 Å². The molecule has 1 heterocycles. The number of esters is 1. The molecule has 2 aliphatic rings. The molecule has 0 fully saturated rings. The number of hydrogen-bond donors (Lipinski definition) is 1. The quantitative estimate of drug-likeness (QED) is 0.682. The van der Waals surface area contributed by atoms with Crippen molar-refractivity contribution in [3.63, 3.8) is 0 Å². The Balaban J connectivity index is 2.23. The lowest BCUT2D eigenvalue weighted by atomic mass is 9.89. The summed E-state index contributed by atoms with van der Waals surface area (Å²) < 4.78 is 5.06. The lowest BCUT2D eigenvalue weighted by Crippen LogP contribution is -2.09. The molecule has 0 saturated carbocycles. The van der Waals surface area contributed by atoms with Gasteiger partial charge in [0.05, 0.1) is 6.61 Å². The lowest BCUT2D eigenvalue weighted by Gasteiger charge is -2.20. The van der Waals surface area contributed by atoms with Crippen LogP contribution in [0.15, 0.2) is 18.3 Å². The first-order valence-electron chi connectivity index (χ1n) is 5.66. The number of fused-ring (bicyclic) bond motifs is 2. The van der Waals surface area contributed by atoms with Crippen molar-refractivity contribution in [3.05, 3.63) is 35.2 Å². The average molecular weight is 294 g/mol. The van der Waals surface area contributed by atoms with Gasteiger partial charge in [-0.2, -0.15) is 0 Å². The zero-order valence-electron chi connectivity index (χ0n) is 9.42. The maximum Gasteiger partial charge on any atom is 0.355 e. The Morgan fingerprint density at radius 2 is 2.41 bits per heavy atom. The van der Waals surface area contributed by atoms with Gasteiger partial charge in [0.2, 0.25) is 0 Å². The standard InChI is InChI=1S/C13H12BrNO2/c1-2-17-13(16)12-11-8-4-3-7(5-10(8)14)9(11)6-15-12/h3-4,6,10,15H,2,5H2,1H3. The predicted octanol–water partition coefficient (Wildman–Crippen LogP) is 3.34. The maximum absolute atomic E-state index is 11.8. The molecule has 1 N–H and O–H groups in total. The van der Waals surface area contributed by atoms with Crippen LogP contribution in [-0.2, 0) is 11.2 Å². The van der Waals surface area contributed by atoms with Gasteiger partial charge < -0.3 is 9.72 Å². The van der Waals surface area contributed by atoms with Crippen molar-refractivity contribution in [2.45, 2.75) is 18.2 Å². The van der Waals surface area contributed by atoms with Crippen LogP contribution in [0.25, 0.3) is 10.8 Å². The van der Waals surface area contributed by atoms with E-state index in [1.807, 2.05) is 13.1 Å². The number of aromatic amines is 1. The van der Waals surface area contributed by atoms with Crippen molar-refractivity contribution in [2.75, 3.05) is 6.61 Å². The predicted molar refractivity (Wildman–Crippen MR) is 69.6 cm³/mol. The number of rotatable bonds is 2. The molecule has 1 unspecified atom stereocenters. The highest BCUT2D eigenvalue weighted by Crippen LogP contribution is 2.42. The topological polar surface area (TPSA) is 42.1 Å². The number of carbonyl (C=O) groups excluding carboxylic acids is 1. The van der Waals surface area contributed by atoms with E-state index in [4.69, 9.17) is 4.74 Å². The third-order valence-corrected chi connectivity index (χ3v) is 4.01. The van der Waals surface area contributed by atoms with Crippen LogP contribution in [0.4, 0.5) is 0 Å². The molecule has 1 aromatic heterocycles. The van der Waals surface area contributed by atoms with Crippen LogP contribution in [0.2, 0.25) is 0 Å². The molecular formula is C13H12BrNO2. The molecule has 2 aromatic rings. The minimum Gasteiger partial charge on any atom is -0.461 e. The van der Waals surface area contributed by atoms with Gasteiger partial charge in [-0.3, -0.25) is 0 Å². The Morgan fingerprint density at radius 3 is 3.12 bits per heavy atom. The lowest BCUT2D eigenvalue weighted by molar-refractivity contribution is 0.0522. The summed E-state index contributed by atoms with van der Waals surface area (Å²) in [4.78, 5) is 15.2. The summed E-state index contributed by atoms with van der Waals surface area (Å²) in [5, 5.41) is 2.15. The molecule has 1 atom stereocenters. The summed E-state index contributed by atoms with van der Waals surface area (Å²) in [6.45, 7) is 2.21. The number of halogens is 1. The summed E-state index contributed by atoms with van der Waals surface area (Å²) in [5.41, 5.74) is 3.01. The van der Waals surface area contributed by atoms with Gasteiger partial charge in [0.1, 0.15) is 5.69 Å². The maximum atomic E-state index is 11.8. The van der Waals surface area contributed by atoms with Crippen molar-refractivity contribution in [3.8, 4) is 0 Å². The zero-order valence-corrected chi connectivity index (χ0v) is 11.0. The number of H-pyrrole nitrogens is 1. The number of aromatic nitrogens is 1. The van der Waals surface area contributed by atoms with Gasteiger partial charge in [-0.15, -0.1) is 0 Å². The number of ether oxygens (including phenoxy) is 1. The van der Waals surface area contributed by atoms with E-state index < -0.39 is 0 Å². The van der Waals surface area contributed by atoms with Crippen molar-refractivity contribution in [1.29, 1.82) is 0 Å². The fourth-order valence-electron chi connectivity index (χ4n) is 2.45. The van der Waals surface area contributed by atoms with Gasteiger partial charge in [0.25, 0.3) is 0 Å². The SMILES string of the molecule is CCOC(=O)c1[nH]cc2c3ccc(c12)C(Br)C3. The van der Waals surface area contributed by atoms with E-state index in [0.29, 0.717) is 17.1 Å². The number of nitrogens with one attached hydrogen (secondary N) is 1. The van der Waals surface area contributed by atoms with Crippen molar-refractivity contribution < 1.29 is 9.53 Å². The third kappa shape index (κ3) is 1.51. The Hall–Kier alpha value is -1.29. The summed E-state index contributed by atoms with van der Waals surface area (Å²) in [6, 6.07) is 4.20. The van der Waals surface area contributed by atoms with Crippen molar-refractivity contribution in [2.24, 2.45) is 0 Å². The van der Waals surface area contributed by atoms with Crippen LogP contribution in [0.1, 0.15) is 33.4 Å². The van der Waals surface area contributed by atoms with E-state index in [1.165, 1.54) is 11.1 Å². The van der Waals surface area contributed by atoms with E-state index in [0.717, 1.165) is 17.2 Å². The molecule has 0 radical (unpaired) electrons. The molecule has 17 heavy (non-hydrogen) atoms. The Labute approximate surface area is 107 Å². The highest BCUT2D eigenvalue weighted by molar-refractivity contribution is 9.09.